The van der Waals surface area contributed by atoms with E-state index in [1.807, 2.05) is 25.1 Å². The van der Waals surface area contributed by atoms with Gasteiger partial charge in [0, 0.05) is 17.3 Å². The Kier molecular flexibility index (Phi) is 3.48. The normalized spacial score (nSPS) is 13.1. The third-order valence-corrected chi connectivity index (χ3v) is 3.27. The van der Waals surface area contributed by atoms with E-state index in [9.17, 15) is 4.79 Å². The van der Waals surface area contributed by atoms with Gasteiger partial charge in [-0.05, 0) is 30.2 Å². The van der Waals surface area contributed by atoms with E-state index in [1.54, 1.807) is 18.5 Å². The Morgan fingerprint density at radius 3 is 2.90 bits per heavy atom. The summed E-state index contributed by atoms with van der Waals surface area (Å²) in [6, 6.07) is 7.42. The van der Waals surface area contributed by atoms with E-state index in [0.29, 0.717) is 36.7 Å². The van der Waals surface area contributed by atoms with Crippen molar-refractivity contribution in [2.24, 2.45) is 0 Å². The van der Waals surface area contributed by atoms with Crippen LogP contribution in [0, 0.1) is 0 Å². The van der Waals surface area contributed by atoms with Gasteiger partial charge in [-0.2, -0.15) is 0 Å². The SMILES string of the molecule is CCOc1cncc(C(=O)c2ccc3c(c2)COC3)c1. The van der Waals surface area contributed by atoms with Gasteiger partial charge in [0.05, 0.1) is 26.0 Å². The van der Waals surface area contributed by atoms with Gasteiger partial charge in [0.2, 0.25) is 0 Å². The molecular formula is C16H15NO3. The second kappa shape index (κ2) is 5.43. The summed E-state index contributed by atoms with van der Waals surface area (Å²) in [5.41, 5.74) is 3.44. The number of ether oxygens (including phenoxy) is 2. The number of fused-ring (bicyclic) bond motifs is 1. The molecule has 0 fully saturated rings. The molecule has 1 aromatic carbocycles. The Morgan fingerprint density at radius 1 is 1.20 bits per heavy atom. The number of carbonyl (C=O) groups is 1. The van der Waals surface area contributed by atoms with E-state index in [2.05, 4.69) is 4.98 Å². The molecule has 1 aliphatic rings. The predicted octanol–water partition coefficient (Wildman–Crippen LogP) is 2.74. The van der Waals surface area contributed by atoms with Crippen LogP contribution in [0.3, 0.4) is 0 Å². The van der Waals surface area contributed by atoms with Gasteiger partial charge in [-0.25, -0.2) is 0 Å². The van der Waals surface area contributed by atoms with Crippen molar-refractivity contribution >= 4 is 5.78 Å². The molecule has 0 radical (unpaired) electrons. The van der Waals surface area contributed by atoms with Gasteiger partial charge in [0.15, 0.2) is 5.78 Å². The Morgan fingerprint density at radius 2 is 2.05 bits per heavy atom. The molecular weight excluding hydrogens is 254 g/mol. The summed E-state index contributed by atoms with van der Waals surface area (Å²) in [4.78, 5) is 16.5. The van der Waals surface area contributed by atoms with Crippen LogP contribution < -0.4 is 4.74 Å². The summed E-state index contributed by atoms with van der Waals surface area (Å²) < 4.78 is 10.7. The van der Waals surface area contributed by atoms with E-state index >= 15 is 0 Å². The Labute approximate surface area is 117 Å². The summed E-state index contributed by atoms with van der Waals surface area (Å²) in [6.07, 6.45) is 3.17. The zero-order valence-electron chi connectivity index (χ0n) is 11.3. The monoisotopic (exact) mass is 269 g/mol. The van der Waals surface area contributed by atoms with Gasteiger partial charge in [-0.3, -0.25) is 9.78 Å². The molecule has 20 heavy (non-hydrogen) atoms. The average molecular weight is 269 g/mol. The van der Waals surface area contributed by atoms with Crippen LogP contribution in [0.15, 0.2) is 36.7 Å². The molecule has 1 aliphatic heterocycles. The first-order chi connectivity index (χ1) is 9.78. The number of benzene rings is 1. The third kappa shape index (κ3) is 2.42. The summed E-state index contributed by atoms with van der Waals surface area (Å²) in [5.74, 6) is 0.566. The van der Waals surface area contributed by atoms with Crippen LogP contribution in [0.4, 0.5) is 0 Å². The Bertz CT molecular complexity index is 652. The summed E-state index contributed by atoms with van der Waals surface area (Å²) in [5, 5.41) is 0. The molecule has 0 saturated carbocycles. The van der Waals surface area contributed by atoms with Crippen LogP contribution in [0.25, 0.3) is 0 Å². The lowest BCUT2D eigenvalue weighted by atomic mass is 10.0. The van der Waals surface area contributed by atoms with Crippen molar-refractivity contribution in [1.29, 1.82) is 0 Å². The van der Waals surface area contributed by atoms with Crippen LogP contribution in [-0.4, -0.2) is 17.4 Å². The van der Waals surface area contributed by atoms with Crippen LogP contribution in [0.2, 0.25) is 0 Å². The van der Waals surface area contributed by atoms with Gasteiger partial charge in [0.25, 0.3) is 0 Å². The highest BCUT2D eigenvalue weighted by Crippen LogP contribution is 2.23. The van der Waals surface area contributed by atoms with Gasteiger partial charge < -0.3 is 9.47 Å². The first-order valence-electron chi connectivity index (χ1n) is 6.60. The highest BCUT2D eigenvalue weighted by Gasteiger charge is 2.16. The van der Waals surface area contributed by atoms with Crippen molar-refractivity contribution in [2.45, 2.75) is 20.1 Å². The largest absolute Gasteiger partial charge is 0.492 e. The quantitative estimate of drug-likeness (QED) is 0.801. The van der Waals surface area contributed by atoms with Crippen LogP contribution >= 0.6 is 0 Å². The second-order valence-electron chi connectivity index (χ2n) is 4.65. The number of hydrogen-bond acceptors (Lipinski definition) is 4. The average Bonchev–Trinajstić information content (AvgIpc) is 2.94. The summed E-state index contributed by atoms with van der Waals surface area (Å²) in [6.45, 7) is 3.66. The first kappa shape index (κ1) is 12.8. The molecule has 2 aromatic rings. The number of pyridine rings is 1. The van der Waals surface area contributed by atoms with Crippen LogP contribution in [0.5, 0.6) is 5.75 Å². The fourth-order valence-electron chi connectivity index (χ4n) is 2.27. The highest BCUT2D eigenvalue weighted by atomic mass is 16.5. The van der Waals surface area contributed by atoms with E-state index in [1.165, 1.54) is 0 Å². The Balaban J connectivity index is 1.90. The zero-order chi connectivity index (χ0) is 13.9. The lowest BCUT2D eigenvalue weighted by Crippen LogP contribution is -2.04. The van der Waals surface area contributed by atoms with Gasteiger partial charge in [-0.15, -0.1) is 0 Å². The molecule has 0 amide bonds. The maximum absolute atomic E-state index is 12.5. The number of carbonyl (C=O) groups excluding carboxylic acids is 1. The lowest BCUT2D eigenvalue weighted by Gasteiger charge is -2.06. The predicted molar refractivity (Wildman–Crippen MR) is 73.8 cm³/mol. The molecule has 4 heteroatoms. The molecule has 0 aliphatic carbocycles. The molecule has 0 unspecified atom stereocenters. The molecule has 3 rings (SSSR count). The topological polar surface area (TPSA) is 48.4 Å². The number of nitrogens with zero attached hydrogens (tertiary/aromatic N) is 1. The Hall–Kier alpha value is -2.20. The number of aromatic nitrogens is 1. The zero-order valence-corrected chi connectivity index (χ0v) is 11.3. The molecule has 0 saturated heterocycles. The molecule has 2 heterocycles. The highest BCUT2D eigenvalue weighted by molar-refractivity contribution is 6.09. The smallest absolute Gasteiger partial charge is 0.194 e. The summed E-state index contributed by atoms with van der Waals surface area (Å²) >= 11 is 0. The van der Waals surface area contributed by atoms with E-state index in [-0.39, 0.29) is 5.78 Å². The van der Waals surface area contributed by atoms with Gasteiger partial charge in [0.1, 0.15) is 5.75 Å². The minimum Gasteiger partial charge on any atom is -0.492 e. The van der Waals surface area contributed by atoms with Crippen molar-refractivity contribution in [3.8, 4) is 5.75 Å². The van der Waals surface area contributed by atoms with E-state index in [0.717, 1.165) is 11.1 Å². The van der Waals surface area contributed by atoms with Crippen molar-refractivity contribution in [3.05, 3.63) is 58.9 Å². The molecule has 0 atom stereocenters. The molecule has 0 bridgehead atoms. The molecule has 102 valence electrons. The van der Waals surface area contributed by atoms with Gasteiger partial charge in [-0.1, -0.05) is 12.1 Å². The van der Waals surface area contributed by atoms with E-state index in [4.69, 9.17) is 9.47 Å². The van der Waals surface area contributed by atoms with Crippen molar-refractivity contribution < 1.29 is 14.3 Å². The standard InChI is InChI=1S/C16H15NO3/c1-2-20-15-6-13(7-17-8-15)16(18)11-3-4-12-9-19-10-14(12)5-11/h3-8H,2,9-10H2,1H3. The lowest BCUT2D eigenvalue weighted by molar-refractivity contribution is 0.103. The maximum atomic E-state index is 12.5. The first-order valence-corrected chi connectivity index (χ1v) is 6.60. The maximum Gasteiger partial charge on any atom is 0.194 e. The number of rotatable bonds is 4. The molecule has 1 aromatic heterocycles. The number of ketones is 1. The second-order valence-corrected chi connectivity index (χ2v) is 4.65. The van der Waals surface area contributed by atoms with E-state index < -0.39 is 0 Å². The molecule has 0 spiro atoms. The fourth-order valence-corrected chi connectivity index (χ4v) is 2.27. The molecule has 0 N–H and O–H groups in total. The van der Waals surface area contributed by atoms with Crippen molar-refractivity contribution in [1.82, 2.24) is 4.98 Å². The van der Waals surface area contributed by atoms with Crippen LogP contribution in [0.1, 0.15) is 34.0 Å². The summed E-state index contributed by atoms with van der Waals surface area (Å²) in [7, 11) is 0. The fraction of sp³-hybridized carbons (Fsp3) is 0.250. The van der Waals surface area contributed by atoms with Crippen molar-refractivity contribution in [3.63, 3.8) is 0 Å². The van der Waals surface area contributed by atoms with Crippen molar-refractivity contribution in [2.75, 3.05) is 6.61 Å². The molecule has 4 nitrogen and oxygen atoms in total. The van der Waals surface area contributed by atoms with Crippen LogP contribution in [-0.2, 0) is 18.0 Å². The number of hydrogen-bond donors (Lipinski definition) is 0. The minimum absolute atomic E-state index is 0.0475. The third-order valence-electron chi connectivity index (χ3n) is 3.27. The van der Waals surface area contributed by atoms with Gasteiger partial charge >= 0.3 is 0 Å². The minimum atomic E-state index is -0.0475.